The van der Waals surface area contributed by atoms with Crippen LogP contribution in [0.2, 0.25) is 0 Å². The topological polar surface area (TPSA) is 64.4 Å². The Morgan fingerprint density at radius 3 is 2.58 bits per heavy atom. The number of benzene rings is 2. The maximum absolute atomic E-state index is 11.5. The normalized spacial score (nSPS) is 20.2. The van der Waals surface area contributed by atoms with Crippen LogP contribution in [0.4, 0.5) is 0 Å². The van der Waals surface area contributed by atoms with E-state index in [1.807, 2.05) is 24.3 Å². The van der Waals surface area contributed by atoms with Crippen LogP contribution in [0.1, 0.15) is 33.8 Å². The number of carbonyl (C=O) groups is 1. The molecule has 0 spiro atoms. The van der Waals surface area contributed by atoms with Gasteiger partial charge in [-0.05, 0) is 30.2 Å². The molecule has 1 heterocycles. The fraction of sp³-hybridized carbons (Fsp3) is 0.316. The maximum Gasteiger partial charge on any atom is 0.249 e. The zero-order valence-electron chi connectivity index (χ0n) is 13.5. The van der Waals surface area contributed by atoms with Crippen molar-refractivity contribution in [2.24, 2.45) is 5.73 Å². The first-order valence-electron chi connectivity index (χ1n) is 8.00. The number of carbonyl (C=O) groups excluding carboxylic acids is 1. The monoisotopic (exact) mass is 346 g/mol. The summed E-state index contributed by atoms with van der Waals surface area (Å²) in [5.74, 6) is -0.0382. The molecule has 4 nitrogen and oxygen atoms in total. The van der Waals surface area contributed by atoms with Gasteiger partial charge in [0.1, 0.15) is 0 Å². The maximum atomic E-state index is 11.5. The molecule has 5 heteroatoms. The third-order valence-corrected chi connectivity index (χ3v) is 4.39. The highest BCUT2D eigenvalue weighted by atomic mass is 35.5. The van der Waals surface area contributed by atoms with Crippen molar-refractivity contribution in [3.63, 3.8) is 0 Å². The SMILES string of the molecule is Cl.NC(=O)c1ccccc1COC1CNCCC1c1ccccc1. The van der Waals surface area contributed by atoms with Gasteiger partial charge in [0, 0.05) is 18.0 Å². The molecule has 0 saturated carbocycles. The van der Waals surface area contributed by atoms with Gasteiger partial charge >= 0.3 is 0 Å². The minimum absolute atomic E-state index is 0. The summed E-state index contributed by atoms with van der Waals surface area (Å²) < 4.78 is 6.16. The summed E-state index contributed by atoms with van der Waals surface area (Å²) in [6.07, 6.45) is 1.14. The highest BCUT2D eigenvalue weighted by Crippen LogP contribution is 2.28. The lowest BCUT2D eigenvalue weighted by Crippen LogP contribution is -2.41. The van der Waals surface area contributed by atoms with E-state index in [2.05, 4.69) is 29.6 Å². The predicted molar refractivity (Wildman–Crippen MR) is 97.5 cm³/mol. The number of amides is 1. The Morgan fingerprint density at radius 2 is 1.83 bits per heavy atom. The second kappa shape index (κ2) is 8.83. The van der Waals surface area contributed by atoms with Gasteiger partial charge in [0.05, 0.1) is 12.7 Å². The van der Waals surface area contributed by atoms with Gasteiger partial charge < -0.3 is 15.8 Å². The van der Waals surface area contributed by atoms with Crippen LogP contribution in [-0.2, 0) is 11.3 Å². The van der Waals surface area contributed by atoms with Gasteiger partial charge in [-0.15, -0.1) is 12.4 Å². The van der Waals surface area contributed by atoms with E-state index in [9.17, 15) is 4.79 Å². The molecule has 24 heavy (non-hydrogen) atoms. The van der Waals surface area contributed by atoms with Gasteiger partial charge in [0.2, 0.25) is 5.91 Å². The summed E-state index contributed by atoms with van der Waals surface area (Å²) in [6, 6.07) is 17.8. The van der Waals surface area contributed by atoms with E-state index < -0.39 is 5.91 Å². The molecule has 0 aromatic heterocycles. The number of rotatable bonds is 5. The zero-order chi connectivity index (χ0) is 16.1. The third kappa shape index (κ3) is 4.35. The molecule has 0 radical (unpaired) electrons. The lowest BCUT2D eigenvalue weighted by Gasteiger charge is -2.32. The third-order valence-electron chi connectivity index (χ3n) is 4.39. The van der Waals surface area contributed by atoms with Crippen molar-refractivity contribution in [2.45, 2.75) is 25.0 Å². The number of ether oxygens (including phenoxy) is 1. The number of halogens is 1. The molecule has 3 rings (SSSR count). The van der Waals surface area contributed by atoms with Crippen LogP contribution < -0.4 is 11.1 Å². The molecule has 0 bridgehead atoms. The van der Waals surface area contributed by atoms with Gasteiger partial charge in [0.15, 0.2) is 0 Å². The Hall–Kier alpha value is -1.88. The molecule has 3 N–H and O–H groups in total. The molecule has 1 aliphatic heterocycles. The first-order chi connectivity index (χ1) is 11.3. The molecule has 0 aliphatic carbocycles. The van der Waals surface area contributed by atoms with Crippen molar-refractivity contribution in [2.75, 3.05) is 13.1 Å². The van der Waals surface area contributed by atoms with Crippen molar-refractivity contribution in [3.05, 3.63) is 71.3 Å². The molecule has 2 aromatic carbocycles. The van der Waals surface area contributed by atoms with Crippen LogP contribution in [0.3, 0.4) is 0 Å². The molecular formula is C19H23ClN2O2. The van der Waals surface area contributed by atoms with E-state index in [4.69, 9.17) is 10.5 Å². The average molecular weight is 347 g/mol. The van der Waals surface area contributed by atoms with E-state index in [1.165, 1.54) is 5.56 Å². The number of nitrogens with two attached hydrogens (primary N) is 1. The second-order valence-electron chi connectivity index (χ2n) is 5.88. The van der Waals surface area contributed by atoms with E-state index in [-0.39, 0.29) is 18.5 Å². The van der Waals surface area contributed by atoms with Crippen LogP contribution >= 0.6 is 12.4 Å². The molecule has 1 saturated heterocycles. The van der Waals surface area contributed by atoms with Crippen molar-refractivity contribution in [1.29, 1.82) is 0 Å². The number of hydrogen-bond acceptors (Lipinski definition) is 3. The van der Waals surface area contributed by atoms with E-state index in [0.29, 0.717) is 18.1 Å². The van der Waals surface area contributed by atoms with E-state index in [1.54, 1.807) is 6.07 Å². The molecule has 1 fully saturated rings. The number of hydrogen-bond donors (Lipinski definition) is 2. The van der Waals surface area contributed by atoms with Gasteiger partial charge in [-0.25, -0.2) is 0 Å². The number of primary amides is 1. The quantitative estimate of drug-likeness (QED) is 0.875. The standard InChI is InChI=1S/C19H22N2O2.ClH/c20-19(22)17-9-5-4-8-15(17)13-23-18-12-21-11-10-16(18)14-6-2-1-3-7-14;/h1-9,16,18,21H,10-13H2,(H2,20,22);1H. The van der Waals surface area contributed by atoms with E-state index in [0.717, 1.165) is 25.1 Å². The Labute approximate surface area is 148 Å². The Morgan fingerprint density at radius 1 is 1.12 bits per heavy atom. The predicted octanol–water partition coefficient (Wildman–Crippen LogP) is 2.87. The van der Waals surface area contributed by atoms with Crippen LogP contribution in [0.25, 0.3) is 0 Å². The zero-order valence-corrected chi connectivity index (χ0v) is 14.3. The number of piperidine rings is 1. The molecular weight excluding hydrogens is 324 g/mol. The van der Waals surface area contributed by atoms with Crippen molar-refractivity contribution in [3.8, 4) is 0 Å². The molecule has 1 aliphatic rings. The lowest BCUT2D eigenvalue weighted by molar-refractivity contribution is 0.0103. The summed E-state index contributed by atoms with van der Waals surface area (Å²) >= 11 is 0. The smallest absolute Gasteiger partial charge is 0.249 e. The fourth-order valence-corrected chi connectivity index (χ4v) is 3.17. The van der Waals surface area contributed by atoms with E-state index >= 15 is 0 Å². The van der Waals surface area contributed by atoms with Crippen LogP contribution in [0.5, 0.6) is 0 Å². The van der Waals surface area contributed by atoms with Crippen molar-refractivity contribution in [1.82, 2.24) is 5.32 Å². The minimum atomic E-state index is -0.412. The lowest BCUT2D eigenvalue weighted by atomic mass is 9.88. The fourth-order valence-electron chi connectivity index (χ4n) is 3.17. The summed E-state index contributed by atoms with van der Waals surface area (Å²) in [5.41, 5.74) is 8.12. The van der Waals surface area contributed by atoms with Gasteiger partial charge in [-0.2, -0.15) is 0 Å². The highest BCUT2D eigenvalue weighted by Gasteiger charge is 2.27. The largest absolute Gasteiger partial charge is 0.372 e. The average Bonchev–Trinajstić information content (AvgIpc) is 2.61. The Bertz CT molecular complexity index is 663. The van der Waals surface area contributed by atoms with Gasteiger partial charge in [-0.3, -0.25) is 4.79 Å². The van der Waals surface area contributed by atoms with Crippen molar-refractivity contribution < 1.29 is 9.53 Å². The second-order valence-corrected chi connectivity index (χ2v) is 5.88. The molecule has 128 valence electrons. The van der Waals surface area contributed by atoms with Crippen LogP contribution in [0, 0.1) is 0 Å². The van der Waals surface area contributed by atoms with Crippen LogP contribution in [-0.4, -0.2) is 25.1 Å². The van der Waals surface area contributed by atoms with Gasteiger partial charge in [-0.1, -0.05) is 48.5 Å². The number of nitrogens with one attached hydrogen (secondary N) is 1. The van der Waals surface area contributed by atoms with Gasteiger partial charge in [0.25, 0.3) is 0 Å². The summed E-state index contributed by atoms with van der Waals surface area (Å²) in [6.45, 7) is 2.21. The minimum Gasteiger partial charge on any atom is -0.372 e. The van der Waals surface area contributed by atoms with Crippen LogP contribution in [0.15, 0.2) is 54.6 Å². The first kappa shape index (κ1) is 18.5. The summed E-state index contributed by atoms with van der Waals surface area (Å²) in [7, 11) is 0. The Balaban J connectivity index is 0.00000208. The molecule has 1 amide bonds. The summed E-state index contributed by atoms with van der Waals surface area (Å²) in [4.78, 5) is 11.5. The molecule has 2 unspecified atom stereocenters. The first-order valence-corrected chi connectivity index (χ1v) is 8.00. The highest BCUT2D eigenvalue weighted by molar-refractivity contribution is 5.94. The van der Waals surface area contributed by atoms with Crippen molar-refractivity contribution >= 4 is 18.3 Å². The molecule has 2 aromatic rings. The molecule has 2 atom stereocenters. The Kier molecular flexibility index (Phi) is 6.79. The summed E-state index contributed by atoms with van der Waals surface area (Å²) in [5, 5.41) is 3.39.